The lowest BCUT2D eigenvalue weighted by Gasteiger charge is -2.32. The van der Waals surface area contributed by atoms with Gasteiger partial charge in [-0.1, -0.05) is 65.0 Å². The Kier molecular flexibility index (Phi) is 8.65. The first-order valence-electron chi connectivity index (χ1n) is 9.28. The van der Waals surface area contributed by atoms with Crippen LogP contribution in [0.15, 0.2) is 59.9 Å². The van der Waals surface area contributed by atoms with Crippen LogP contribution in [0.4, 0.5) is 0 Å². The van der Waals surface area contributed by atoms with Crippen molar-refractivity contribution in [1.29, 1.82) is 0 Å². The van der Waals surface area contributed by atoms with Crippen LogP contribution in [0.2, 0.25) is 0 Å². The summed E-state index contributed by atoms with van der Waals surface area (Å²) in [5, 5.41) is 0.579. The van der Waals surface area contributed by atoms with Gasteiger partial charge in [-0.3, -0.25) is 4.98 Å². The molecule has 0 aliphatic heterocycles. The van der Waals surface area contributed by atoms with E-state index in [1.54, 1.807) is 0 Å². The molecule has 0 aromatic carbocycles. The quantitative estimate of drug-likeness (QED) is 0.394. The van der Waals surface area contributed by atoms with E-state index in [-0.39, 0.29) is 5.41 Å². The van der Waals surface area contributed by atoms with E-state index < -0.39 is 0 Å². The molecule has 138 valence electrons. The molecule has 0 fully saturated rings. The number of halogens is 1. The molecule has 0 saturated carbocycles. The fraction of sp³-hybridized carbons (Fsp3) is 0.522. The molecule has 0 bridgehead atoms. The summed E-state index contributed by atoms with van der Waals surface area (Å²) in [6, 6.07) is 4.23. The van der Waals surface area contributed by atoms with Crippen LogP contribution in [-0.2, 0) is 6.42 Å². The van der Waals surface area contributed by atoms with Crippen LogP contribution >= 0.6 is 11.6 Å². The topological polar surface area (TPSA) is 12.9 Å². The first-order valence-corrected chi connectivity index (χ1v) is 9.66. The van der Waals surface area contributed by atoms with Gasteiger partial charge in [-0.25, -0.2) is 0 Å². The van der Waals surface area contributed by atoms with Gasteiger partial charge < -0.3 is 0 Å². The van der Waals surface area contributed by atoms with Gasteiger partial charge >= 0.3 is 0 Å². The Balaban J connectivity index is 2.67. The van der Waals surface area contributed by atoms with Crippen molar-refractivity contribution in [1.82, 2.24) is 4.98 Å². The molecule has 25 heavy (non-hydrogen) atoms. The lowest BCUT2D eigenvalue weighted by Crippen LogP contribution is -2.20. The molecule has 0 N–H and O–H groups in total. The van der Waals surface area contributed by atoms with E-state index in [1.807, 2.05) is 18.5 Å². The summed E-state index contributed by atoms with van der Waals surface area (Å²) < 4.78 is 0. The Labute approximate surface area is 159 Å². The minimum atomic E-state index is 0.132. The maximum absolute atomic E-state index is 5.91. The molecule has 1 rings (SSSR count). The third-order valence-electron chi connectivity index (χ3n) is 4.92. The van der Waals surface area contributed by atoms with Gasteiger partial charge in [0.1, 0.15) is 0 Å². The molecule has 0 spiro atoms. The minimum Gasteiger partial charge on any atom is -0.265 e. The van der Waals surface area contributed by atoms with Crippen LogP contribution in [-0.4, -0.2) is 4.98 Å². The van der Waals surface area contributed by atoms with Crippen LogP contribution in [0, 0.1) is 10.8 Å². The van der Waals surface area contributed by atoms with E-state index in [4.69, 9.17) is 11.6 Å². The Morgan fingerprint density at radius 2 is 1.72 bits per heavy atom. The van der Waals surface area contributed by atoms with Gasteiger partial charge in [0.05, 0.1) is 0 Å². The van der Waals surface area contributed by atoms with E-state index >= 15 is 0 Å². The highest BCUT2D eigenvalue weighted by molar-refractivity contribution is 6.30. The lowest BCUT2D eigenvalue weighted by atomic mass is 9.73. The van der Waals surface area contributed by atoms with Crippen LogP contribution in [0.3, 0.4) is 0 Å². The molecule has 0 unspecified atom stereocenters. The van der Waals surface area contributed by atoms with Crippen LogP contribution in [0.5, 0.6) is 0 Å². The normalized spacial score (nSPS) is 13.4. The smallest absolute Gasteiger partial charge is 0.0334 e. The average molecular weight is 360 g/mol. The number of hydrogen-bond donors (Lipinski definition) is 0. The molecule has 1 aromatic rings. The standard InChI is InChI=1S/C23H34ClN/c1-7-8-21(10-9-19(2)24)23(5,6)16-15-22(3,4)14-11-20-12-17-25-18-13-20/h8-10,12-13,17-18H,2,7,11,14-16H2,1,3-6H3/b10-9-,21-8+. The van der Waals surface area contributed by atoms with Crippen molar-refractivity contribution in [3.05, 3.63) is 65.5 Å². The van der Waals surface area contributed by atoms with Crippen molar-refractivity contribution in [3.63, 3.8) is 0 Å². The van der Waals surface area contributed by atoms with Crippen LogP contribution < -0.4 is 0 Å². The van der Waals surface area contributed by atoms with E-state index in [0.29, 0.717) is 10.4 Å². The van der Waals surface area contributed by atoms with Gasteiger partial charge in [0.15, 0.2) is 0 Å². The van der Waals surface area contributed by atoms with Gasteiger partial charge in [0.25, 0.3) is 0 Å². The summed E-state index contributed by atoms with van der Waals surface area (Å²) in [6.07, 6.45) is 15.8. The Morgan fingerprint density at radius 3 is 2.28 bits per heavy atom. The zero-order chi connectivity index (χ0) is 18.9. The lowest BCUT2D eigenvalue weighted by molar-refractivity contribution is 0.252. The van der Waals surface area contributed by atoms with Gasteiger partial charge in [-0.2, -0.15) is 0 Å². The average Bonchev–Trinajstić information content (AvgIpc) is 2.56. The van der Waals surface area contributed by atoms with Crippen molar-refractivity contribution < 1.29 is 0 Å². The SMILES string of the molecule is C=C(Cl)/C=C\C(=C/CC)C(C)(C)CCC(C)(C)CCc1ccncc1. The third kappa shape index (κ3) is 8.54. The first kappa shape index (κ1) is 21.7. The Hall–Kier alpha value is -1.34. The fourth-order valence-electron chi connectivity index (χ4n) is 2.92. The molecular formula is C23H34ClN. The number of aryl methyl sites for hydroxylation is 1. The largest absolute Gasteiger partial charge is 0.265 e. The zero-order valence-corrected chi connectivity index (χ0v) is 17.4. The van der Waals surface area contributed by atoms with Crippen LogP contribution in [0.1, 0.15) is 65.9 Å². The van der Waals surface area contributed by atoms with Gasteiger partial charge in [0, 0.05) is 17.4 Å². The maximum Gasteiger partial charge on any atom is 0.0334 e. The zero-order valence-electron chi connectivity index (χ0n) is 16.6. The number of aromatic nitrogens is 1. The molecule has 0 amide bonds. The summed E-state index contributed by atoms with van der Waals surface area (Å²) in [7, 11) is 0. The molecule has 0 aliphatic carbocycles. The number of nitrogens with zero attached hydrogens (tertiary/aromatic N) is 1. The molecule has 0 aliphatic rings. The second-order valence-electron chi connectivity index (χ2n) is 8.25. The highest BCUT2D eigenvalue weighted by Crippen LogP contribution is 2.39. The van der Waals surface area contributed by atoms with Crippen molar-refractivity contribution in [2.24, 2.45) is 10.8 Å². The highest BCUT2D eigenvalue weighted by atomic mass is 35.5. The Morgan fingerprint density at radius 1 is 1.08 bits per heavy atom. The second-order valence-corrected chi connectivity index (χ2v) is 8.74. The molecule has 2 heteroatoms. The number of allylic oxidation sites excluding steroid dienone is 5. The molecular weight excluding hydrogens is 326 g/mol. The van der Waals surface area contributed by atoms with Gasteiger partial charge in [-0.15, -0.1) is 0 Å². The van der Waals surface area contributed by atoms with Crippen molar-refractivity contribution in [3.8, 4) is 0 Å². The molecule has 0 saturated heterocycles. The monoisotopic (exact) mass is 359 g/mol. The first-order chi connectivity index (χ1) is 11.7. The summed E-state index contributed by atoms with van der Waals surface area (Å²) >= 11 is 5.91. The van der Waals surface area contributed by atoms with E-state index in [0.717, 1.165) is 19.3 Å². The predicted molar refractivity (Wildman–Crippen MR) is 112 cm³/mol. The van der Waals surface area contributed by atoms with Crippen molar-refractivity contribution >= 4 is 11.6 Å². The fourth-order valence-corrected chi connectivity index (χ4v) is 2.99. The van der Waals surface area contributed by atoms with Gasteiger partial charge in [0.2, 0.25) is 0 Å². The summed E-state index contributed by atoms with van der Waals surface area (Å²) in [5.41, 5.74) is 3.17. The van der Waals surface area contributed by atoms with Gasteiger partial charge in [-0.05, 0) is 72.3 Å². The molecule has 0 atom stereocenters. The van der Waals surface area contributed by atoms with Crippen molar-refractivity contribution in [2.75, 3.05) is 0 Å². The predicted octanol–water partition coefficient (Wildman–Crippen LogP) is 7.49. The summed E-state index contributed by atoms with van der Waals surface area (Å²) in [6.45, 7) is 15.3. The number of hydrogen-bond acceptors (Lipinski definition) is 1. The molecule has 1 heterocycles. The third-order valence-corrected chi connectivity index (χ3v) is 5.04. The Bertz CT molecular complexity index is 594. The second kappa shape index (κ2) is 9.97. The molecule has 1 nitrogen and oxygen atoms in total. The molecule has 1 aromatic heterocycles. The van der Waals surface area contributed by atoms with E-state index in [1.165, 1.54) is 24.0 Å². The van der Waals surface area contributed by atoms with Crippen LogP contribution in [0.25, 0.3) is 0 Å². The highest BCUT2D eigenvalue weighted by Gasteiger charge is 2.26. The summed E-state index contributed by atoms with van der Waals surface area (Å²) in [5.74, 6) is 0. The maximum atomic E-state index is 5.91. The number of rotatable bonds is 10. The molecule has 0 radical (unpaired) electrons. The van der Waals surface area contributed by atoms with E-state index in [2.05, 4.69) is 70.5 Å². The van der Waals surface area contributed by atoms with Crippen molar-refractivity contribution in [2.45, 2.75) is 66.7 Å². The summed E-state index contributed by atoms with van der Waals surface area (Å²) in [4.78, 5) is 4.10. The number of pyridine rings is 1. The van der Waals surface area contributed by atoms with E-state index in [9.17, 15) is 0 Å². The minimum absolute atomic E-state index is 0.132.